The fourth-order valence-electron chi connectivity index (χ4n) is 5.40. The highest BCUT2D eigenvalue weighted by Gasteiger charge is 2.27. The summed E-state index contributed by atoms with van der Waals surface area (Å²) in [6, 6.07) is 4.70. The summed E-state index contributed by atoms with van der Waals surface area (Å²) in [6.07, 6.45) is 6.29. The van der Waals surface area contributed by atoms with Crippen LogP contribution >= 0.6 is 11.3 Å². The molecule has 11 heteroatoms. The van der Waals surface area contributed by atoms with Crippen molar-refractivity contribution in [3.63, 3.8) is 0 Å². The van der Waals surface area contributed by atoms with Crippen molar-refractivity contribution in [2.75, 3.05) is 26.2 Å². The number of piperidine rings is 1. The second-order valence-corrected chi connectivity index (χ2v) is 11.7. The highest BCUT2D eigenvalue weighted by atomic mass is 32.1. The van der Waals surface area contributed by atoms with Gasteiger partial charge in [-0.05, 0) is 74.4 Å². The van der Waals surface area contributed by atoms with Crippen molar-refractivity contribution in [1.82, 2.24) is 15.0 Å². The highest BCUT2D eigenvalue weighted by Crippen LogP contribution is 2.36. The summed E-state index contributed by atoms with van der Waals surface area (Å²) in [6.45, 7) is 9.36. The zero-order chi connectivity index (χ0) is 28.1. The molecule has 9 nitrogen and oxygen atoms in total. The molecular weight excluding hydrogens is 525 g/mol. The largest absolute Gasteiger partial charge is 0.473 e. The van der Waals surface area contributed by atoms with Crippen molar-refractivity contribution in [2.24, 2.45) is 5.92 Å². The minimum Gasteiger partial charge on any atom is -0.473 e. The molecule has 0 spiro atoms. The number of carbonyl (C=O) groups excluding carboxylic acids is 1. The Bertz CT molecular complexity index is 1320. The van der Waals surface area contributed by atoms with Gasteiger partial charge in [-0.1, -0.05) is 19.0 Å². The van der Waals surface area contributed by atoms with Gasteiger partial charge < -0.3 is 24.5 Å². The molecule has 0 bridgehead atoms. The quantitative estimate of drug-likeness (QED) is 0.324. The number of aromatic nitrogens is 1. The number of thiophene rings is 1. The molecule has 0 saturated carbocycles. The molecule has 0 unspecified atom stereocenters. The van der Waals surface area contributed by atoms with Crippen LogP contribution in [0.3, 0.4) is 0 Å². The van der Waals surface area contributed by atoms with Gasteiger partial charge in [-0.15, -0.1) is 11.3 Å². The van der Waals surface area contributed by atoms with Crippen LogP contribution in [0.5, 0.6) is 0 Å². The maximum Gasteiger partial charge on any atom is 0.414 e. The van der Waals surface area contributed by atoms with E-state index in [-0.39, 0.29) is 5.82 Å². The van der Waals surface area contributed by atoms with Crippen LogP contribution in [0.4, 0.5) is 4.39 Å². The van der Waals surface area contributed by atoms with Gasteiger partial charge in [0.15, 0.2) is 5.58 Å². The van der Waals surface area contributed by atoms with Crippen LogP contribution in [0.1, 0.15) is 59.2 Å². The maximum absolute atomic E-state index is 13.5. The first-order valence-electron chi connectivity index (χ1n) is 13.2. The predicted molar refractivity (Wildman–Crippen MR) is 144 cm³/mol. The zero-order valence-corrected chi connectivity index (χ0v) is 23.0. The van der Waals surface area contributed by atoms with Crippen LogP contribution < -0.4 is 0 Å². The molecule has 0 radical (unpaired) electrons. The summed E-state index contributed by atoms with van der Waals surface area (Å²) in [5, 5.41) is 20.0. The molecule has 1 fully saturated rings. The third-order valence-electron chi connectivity index (χ3n) is 7.32. The number of halogens is 1. The molecule has 3 aromatic rings. The lowest BCUT2D eigenvalue weighted by Crippen LogP contribution is -2.34. The van der Waals surface area contributed by atoms with E-state index in [2.05, 4.69) is 23.9 Å². The normalized spacial score (nSPS) is 16.2. The van der Waals surface area contributed by atoms with Crippen LogP contribution in [-0.4, -0.2) is 69.7 Å². The number of aliphatic carboxylic acids is 2. The van der Waals surface area contributed by atoms with Gasteiger partial charge in [-0.2, -0.15) is 0 Å². The van der Waals surface area contributed by atoms with Crippen molar-refractivity contribution in [3.8, 4) is 0 Å². The Hall–Kier alpha value is -3.31. The molecule has 1 aromatic carbocycles. The number of fused-ring (bicyclic) bond motifs is 2. The van der Waals surface area contributed by atoms with E-state index in [1.807, 2.05) is 16.2 Å². The number of hydrogen-bond acceptors (Lipinski definition) is 7. The molecule has 1 amide bonds. The van der Waals surface area contributed by atoms with Crippen LogP contribution in [0.25, 0.3) is 11.0 Å². The standard InChI is InChI=1S/C26H32FN3O2S.C2H2O4/c1-17(2)13-22-20-7-11-30(16-31)15-25(20)33-24(22)8-12-29-9-5-18(6-10-29)26-21-4-3-19(27)14-23(21)32-28-26;3-1(4)2(5)6/h3-4,14,16-18H,5-13,15H2,1-2H3;(H,3,4)(H,5,6). The molecule has 2 aliphatic rings. The van der Waals surface area contributed by atoms with E-state index in [9.17, 15) is 9.18 Å². The number of benzene rings is 1. The van der Waals surface area contributed by atoms with E-state index < -0.39 is 11.9 Å². The zero-order valence-electron chi connectivity index (χ0n) is 22.2. The van der Waals surface area contributed by atoms with Crippen LogP contribution in [0, 0.1) is 11.7 Å². The SMILES string of the molecule is CC(C)Cc1c(CCN2CCC(c3noc4cc(F)ccc34)CC2)sc2c1CCN(C=O)C2.O=C(O)C(=O)O. The van der Waals surface area contributed by atoms with Crippen LogP contribution in [0.2, 0.25) is 0 Å². The molecule has 210 valence electrons. The number of rotatable bonds is 7. The lowest BCUT2D eigenvalue weighted by Gasteiger charge is -2.31. The summed E-state index contributed by atoms with van der Waals surface area (Å²) >= 11 is 1.93. The molecule has 0 aliphatic carbocycles. The average molecular weight is 560 g/mol. The second-order valence-electron chi connectivity index (χ2n) is 10.5. The van der Waals surface area contributed by atoms with Gasteiger partial charge in [0.05, 0.1) is 12.2 Å². The number of amides is 1. The van der Waals surface area contributed by atoms with E-state index in [1.54, 1.807) is 11.6 Å². The molecule has 2 aliphatic heterocycles. The Morgan fingerprint density at radius 3 is 2.56 bits per heavy atom. The average Bonchev–Trinajstić information content (AvgIpc) is 3.48. The third kappa shape index (κ3) is 7.02. The van der Waals surface area contributed by atoms with Gasteiger partial charge in [0.2, 0.25) is 6.41 Å². The van der Waals surface area contributed by atoms with Crippen LogP contribution in [-0.2, 0) is 40.2 Å². The molecule has 2 N–H and O–H groups in total. The number of carbonyl (C=O) groups is 3. The molecule has 1 saturated heterocycles. The van der Waals surface area contributed by atoms with Crippen molar-refractivity contribution in [3.05, 3.63) is 50.6 Å². The Morgan fingerprint density at radius 1 is 1.21 bits per heavy atom. The monoisotopic (exact) mass is 559 g/mol. The van der Waals surface area contributed by atoms with E-state index in [0.717, 1.165) is 82.3 Å². The third-order valence-corrected chi connectivity index (χ3v) is 8.63. The van der Waals surface area contributed by atoms with Gasteiger partial charge in [-0.25, -0.2) is 14.0 Å². The fourth-order valence-corrected chi connectivity index (χ4v) is 6.80. The minimum absolute atomic E-state index is 0.286. The maximum atomic E-state index is 13.5. The predicted octanol–water partition coefficient (Wildman–Crippen LogP) is 4.32. The van der Waals surface area contributed by atoms with E-state index in [1.165, 1.54) is 27.5 Å². The fraction of sp³-hybridized carbons (Fsp3) is 0.500. The number of carboxylic acid groups (broad SMARTS) is 2. The Balaban J connectivity index is 0.000000531. The molecule has 5 rings (SSSR count). The Labute approximate surface area is 230 Å². The van der Waals surface area contributed by atoms with E-state index in [4.69, 9.17) is 24.3 Å². The smallest absolute Gasteiger partial charge is 0.414 e. The number of carboxylic acids is 2. The first-order chi connectivity index (χ1) is 18.7. The summed E-state index contributed by atoms with van der Waals surface area (Å²) in [7, 11) is 0. The number of likely N-dealkylation sites (tertiary alicyclic amines) is 1. The topological polar surface area (TPSA) is 124 Å². The summed E-state index contributed by atoms with van der Waals surface area (Å²) in [4.78, 5) is 36.8. The van der Waals surface area contributed by atoms with E-state index >= 15 is 0 Å². The lowest BCUT2D eigenvalue weighted by molar-refractivity contribution is -0.159. The van der Waals surface area contributed by atoms with Gasteiger partial charge >= 0.3 is 11.9 Å². The van der Waals surface area contributed by atoms with Crippen molar-refractivity contribution < 1.29 is 33.5 Å². The Morgan fingerprint density at radius 2 is 1.92 bits per heavy atom. The molecular formula is C28H34FN3O6S. The van der Waals surface area contributed by atoms with Gasteiger partial charge in [0, 0.05) is 40.2 Å². The Kier molecular flexibility index (Phi) is 9.34. The molecule has 4 heterocycles. The summed E-state index contributed by atoms with van der Waals surface area (Å²) in [5.41, 5.74) is 4.61. The first-order valence-corrected chi connectivity index (χ1v) is 14.0. The molecule has 39 heavy (non-hydrogen) atoms. The number of hydrogen-bond donors (Lipinski definition) is 2. The highest BCUT2D eigenvalue weighted by molar-refractivity contribution is 7.12. The van der Waals surface area contributed by atoms with Crippen LogP contribution in [0.15, 0.2) is 22.7 Å². The number of nitrogens with zero attached hydrogens (tertiary/aromatic N) is 3. The lowest BCUT2D eigenvalue weighted by atomic mass is 9.91. The second kappa shape index (κ2) is 12.7. The van der Waals surface area contributed by atoms with Crippen molar-refractivity contribution in [1.29, 1.82) is 0 Å². The van der Waals surface area contributed by atoms with Crippen molar-refractivity contribution >= 4 is 40.7 Å². The summed E-state index contributed by atoms with van der Waals surface area (Å²) < 4.78 is 18.9. The van der Waals surface area contributed by atoms with Gasteiger partial charge in [0.25, 0.3) is 0 Å². The first kappa shape index (κ1) is 28.7. The summed E-state index contributed by atoms with van der Waals surface area (Å²) in [5.74, 6) is -2.93. The van der Waals surface area contributed by atoms with Crippen molar-refractivity contribution in [2.45, 2.75) is 58.4 Å². The van der Waals surface area contributed by atoms with Gasteiger partial charge in [-0.3, -0.25) is 4.79 Å². The van der Waals surface area contributed by atoms with E-state index in [0.29, 0.717) is 17.4 Å². The molecule has 2 aromatic heterocycles. The molecule has 0 atom stereocenters. The minimum atomic E-state index is -1.82. The van der Waals surface area contributed by atoms with Gasteiger partial charge in [0.1, 0.15) is 5.82 Å².